The summed E-state index contributed by atoms with van der Waals surface area (Å²) >= 11 is 0. The van der Waals surface area contributed by atoms with E-state index in [-0.39, 0.29) is 37.4 Å². The van der Waals surface area contributed by atoms with Gasteiger partial charge in [-0.1, -0.05) is 56.3 Å². The molecule has 4 atom stereocenters. The highest BCUT2D eigenvalue weighted by Gasteiger charge is 2.31. The lowest BCUT2D eigenvalue weighted by molar-refractivity contribution is -0.142. The number of hydrogen-bond donors (Lipinski definition) is 7. The van der Waals surface area contributed by atoms with Crippen LogP contribution in [0.2, 0.25) is 0 Å². The minimum atomic E-state index is -1.33. The fourth-order valence-electron chi connectivity index (χ4n) is 3.80. The van der Waals surface area contributed by atoms with Gasteiger partial charge in [-0.25, -0.2) is 4.79 Å². The molecule has 2 aromatic rings. The number of aliphatic carboxylic acids is 1. The van der Waals surface area contributed by atoms with Crippen LogP contribution in [0.4, 0.5) is 0 Å². The summed E-state index contributed by atoms with van der Waals surface area (Å²) in [7, 11) is 0. The van der Waals surface area contributed by atoms with Crippen LogP contribution in [0.25, 0.3) is 0 Å². The van der Waals surface area contributed by atoms with Gasteiger partial charge in [-0.15, -0.1) is 0 Å². The zero-order valence-electron chi connectivity index (χ0n) is 22.5. The molecule has 40 heavy (non-hydrogen) atoms. The SMILES string of the molecule is CC(C)C(N)C(=O)NC(CCC(N)=O)C(=O)NC(Cc1ccccc1)C(=O)NC(Cc1ccc(O)cc1)C(=O)O. The van der Waals surface area contributed by atoms with Gasteiger partial charge in [0, 0.05) is 19.3 Å². The molecule has 12 nitrogen and oxygen atoms in total. The monoisotopic (exact) mass is 555 g/mol. The number of carbonyl (C=O) groups is 5. The molecule has 0 aromatic heterocycles. The van der Waals surface area contributed by atoms with Gasteiger partial charge in [0.2, 0.25) is 23.6 Å². The number of aromatic hydroxyl groups is 1. The fourth-order valence-corrected chi connectivity index (χ4v) is 3.80. The number of amides is 4. The van der Waals surface area contributed by atoms with Crippen molar-refractivity contribution in [3.05, 3.63) is 65.7 Å². The third kappa shape index (κ3) is 10.4. The van der Waals surface area contributed by atoms with Gasteiger partial charge in [0.25, 0.3) is 0 Å². The number of nitrogens with one attached hydrogen (secondary N) is 3. The first kappa shape index (κ1) is 31.8. The highest BCUT2D eigenvalue weighted by molar-refractivity contribution is 5.94. The average Bonchev–Trinajstić information content (AvgIpc) is 2.90. The van der Waals surface area contributed by atoms with Crippen LogP contribution in [-0.4, -0.2) is 64.0 Å². The van der Waals surface area contributed by atoms with Gasteiger partial charge in [-0.3, -0.25) is 19.2 Å². The standard InChI is InChI=1S/C28H37N5O7/c1-16(2)24(30)27(38)31-20(12-13-23(29)35)25(36)32-21(14-17-6-4-3-5-7-17)26(37)33-22(28(39)40)15-18-8-10-19(34)11-9-18/h3-11,16,20-22,24,34H,12-15,30H2,1-2H3,(H2,29,35)(H,31,38)(H,32,36)(H,33,37)(H,39,40). The minimum absolute atomic E-state index is 0.0117. The van der Waals surface area contributed by atoms with Gasteiger partial charge >= 0.3 is 5.97 Å². The van der Waals surface area contributed by atoms with E-state index in [0.29, 0.717) is 11.1 Å². The molecule has 0 fully saturated rings. The molecule has 0 heterocycles. The largest absolute Gasteiger partial charge is 0.508 e. The zero-order valence-corrected chi connectivity index (χ0v) is 22.5. The van der Waals surface area contributed by atoms with Crippen molar-refractivity contribution in [2.75, 3.05) is 0 Å². The summed E-state index contributed by atoms with van der Waals surface area (Å²) in [6.45, 7) is 3.47. The third-order valence-corrected chi connectivity index (χ3v) is 6.24. The topological polar surface area (TPSA) is 214 Å². The molecule has 0 aliphatic carbocycles. The maximum absolute atomic E-state index is 13.3. The van der Waals surface area contributed by atoms with Crippen molar-refractivity contribution in [3.63, 3.8) is 0 Å². The number of carboxylic acid groups (broad SMARTS) is 1. The molecular formula is C28H37N5O7. The number of phenolic OH excluding ortho intramolecular Hbond substituents is 1. The van der Waals surface area contributed by atoms with Crippen molar-refractivity contribution in [2.24, 2.45) is 17.4 Å². The van der Waals surface area contributed by atoms with Gasteiger partial charge < -0.3 is 37.6 Å². The quantitative estimate of drug-likeness (QED) is 0.158. The molecule has 0 aliphatic heterocycles. The molecule has 12 heteroatoms. The highest BCUT2D eigenvalue weighted by atomic mass is 16.4. The van der Waals surface area contributed by atoms with E-state index < -0.39 is 53.8 Å². The summed E-state index contributed by atoms with van der Waals surface area (Å²) in [6, 6.07) is 9.96. The lowest BCUT2D eigenvalue weighted by Gasteiger charge is -2.26. The van der Waals surface area contributed by atoms with Crippen LogP contribution in [0.5, 0.6) is 5.75 Å². The predicted molar refractivity (Wildman–Crippen MR) is 147 cm³/mol. The molecule has 0 saturated carbocycles. The summed E-state index contributed by atoms with van der Waals surface area (Å²) in [5.74, 6) is -4.31. The Morgan fingerprint density at radius 2 is 1.25 bits per heavy atom. The normalized spacial score (nSPS) is 13.9. The van der Waals surface area contributed by atoms with Gasteiger partial charge in [0.05, 0.1) is 6.04 Å². The number of rotatable bonds is 15. The van der Waals surface area contributed by atoms with Crippen molar-refractivity contribution < 1.29 is 34.2 Å². The van der Waals surface area contributed by atoms with Crippen LogP contribution < -0.4 is 27.4 Å². The van der Waals surface area contributed by atoms with Crippen LogP contribution in [0.3, 0.4) is 0 Å². The molecule has 9 N–H and O–H groups in total. The van der Waals surface area contributed by atoms with Crippen LogP contribution in [0, 0.1) is 5.92 Å². The van der Waals surface area contributed by atoms with E-state index in [2.05, 4.69) is 16.0 Å². The lowest BCUT2D eigenvalue weighted by atomic mass is 10.0. The summed E-state index contributed by atoms with van der Waals surface area (Å²) in [4.78, 5) is 62.6. The van der Waals surface area contributed by atoms with Gasteiger partial charge in [-0.05, 0) is 35.6 Å². The molecule has 2 rings (SSSR count). The first-order valence-corrected chi connectivity index (χ1v) is 12.9. The summed E-state index contributed by atoms with van der Waals surface area (Å²) in [5, 5.41) is 26.8. The Morgan fingerprint density at radius 1 is 0.750 bits per heavy atom. The number of hydrogen-bond acceptors (Lipinski definition) is 7. The molecule has 0 radical (unpaired) electrons. The molecular weight excluding hydrogens is 518 g/mol. The van der Waals surface area contributed by atoms with E-state index in [1.807, 2.05) is 0 Å². The molecule has 4 unspecified atom stereocenters. The van der Waals surface area contributed by atoms with Gasteiger partial charge in [0.15, 0.2) is 0 Å². The Kier molecular flexibility index (Phi) is 12.1. The van der Waals surface area contributed by atoms with E-state index in [1.54, 1.807) is 44.2 Å². The summed E-state index contributed by atoms with van der Waals surface area (Å²) < 4.78 is 0. The van der Waals surface area contributed by atoms with E-state index in [4.69, 9.17) is 11.5 Å². The lowest BCUT2D eigenvalue weighted by Crippen LogP contribution is -2.58. The predicted octanol–water partition coefficient (Wildman–Crippen LogP) is -0.0348. The smallest absolute Gasteiger partial charge is 0.326 e. The molecule has 2 aromatic carbocycles. The fraction of sp³-hybridized carbons (Fsp3) is 0.393. The van der Waals surface area contributed by atoms with Crippen LogP contribution in [0.15, 0.2) is 54.6 Å². The van der Waals surface area contributed by atoms with E-state index in [1.165, 1.54) is 24.3 Å². The second kappa shape index (κ2) is 15.2. The number of carbonyl (C=O) groups excluding carboxylic acids is 4. The molecule has 0 saturated heterocycles. The van der Waals surface area contributed by atoms with Crippen molar-refractivity contribution in [3.8, 4) is 5.75 Å². The first-order valence-electron chi connectivity index (χ1n) is 12.9. The van der Waals surface area contributed by atoms with Crippen molar-refractivity contribution in [1.29, 1.82) is 0 Å². The van der Waals surface area contributed by atoms with Crippen LogP contribution in [-0.2, 0) is 36.8 Å². The Hall–Kier alpha value is -4.45. The van der Waals surface area contributed by atoms with Crippen molar-refractivity contribution >= 4 is 29.6 Å². The van der Waals surface area contributed by atoms with Gasteiger partial charge in [-0.2, -0.15) is 0 Å². The number of benzene rings is 2. The minimum Gasteiger partial charge on any atom is -0.508 e. The van der Waals surface area contributed by atoms with Crippen molar-refractivity contribution in [1.82, 2.24) is 16.0 Å². The van der Waals surface area contributed by atoms with E-state index >= 15 is 0 Å². The number of carboxylic acids is 1. The maximum Gasteiger partial charge on any atom is 0.326 e. The zero-order chi connectivity index (χ0) is 29.8. The molecule has 0 aliphatic rings. The maximum atomic E-state index is 13.3. The van der Waals surface area contributed by atoms with Crippen molar-refractivity contribution in [2.45, 2.75) is 63.7 Å². The van der Waals surface area contributed by atoms with Gasteiger partial charge in [0.1, 0.15) is 23.9 Å². The number of phenols is 1. The summed E-state index contributed by atoms with van der Waals surface area (Å²) in [5.41, 5.74) is 12.4. The summed E-state index contributed by atoms with van der Waals surface area (Å²) in [6.07, 6.45) is -0.391. The van der Waals surface area contributed by atoms with E-state index in [9.17, 15) is 34.2 Å². The average molecular weight is 556 g/mol. The Morgan fingerprint density at radius 3 is 1.80 bits per heavy atom. The Labute approximate surface area is 232 Å². The molecule has 0 bridgehead atoms. The molecule has 4 amide bonds. The molecule has 0 spiro atoms. The first-order chi connectivity index (χ1) is 18.9. The third-order valence-electron chi connectivity index (χ3n) is 6.24. The molecule has 216 valence electrons. The Balaban J connectivity index is 2.27. The number of nitrogens with two attached hydrogens (primary N) is 2. The number of primary amides is 1. The van der Waals surface area contributed by atoms with Crippen LogP contribution >= 0.6 is 0 Å². The van der Waals surface area contributed by atoms with E-state index in [0.717, 1.165) is 0 Å². The highest BCUT2D eigenvalue weighted by Crippen LogP contribution is 2.12. The van der Waals surface area contributed by atoms with Crippen LogP contribution in [0.1, 0.15) is 37.8 Å². The Bertz CT molecular complexity index is 1170. The second-order valence-corrected chi connectivity index (χ2v) is 9.86. The second-order valence-electron chi connectivity index (χ2n) is 9.86.